The summed E-state index contributed by atoms with van der Waals surface area (Å²) in [6, 6.07) is 0. The Hall–Kier alpha value is -0.570. The number of rotatable bonds is 2. The number of carbonyl (C=O) groups is 1. The number of hydrogen-bond acceptors (Lipinski definition) is 2. The SMILES string of the molecule is CCC1(O)CCN(C(=O)C(C)C)C1. The molecule has 1 unspecified atom stereocenters. The molecule has 3 nitrogen and oxygen atoms in total. The van der Waals surface area contributed by atoms with E-state index < -0.39 is 5.60 Å². The predicted octanol–water partition coefficient (Wildman–Crippen LogP) is 1.02. The van der Waals surface area contributed by atoms with Gasteiger partial charge in [-0.2, -0.15) is 0 Å². The normalized spacial score (nSPS) is 28.5. The van der Waals surface area contributed by atoms with Gasteiger partial charge in [-0.15, -0.1) is 0 Å². The minimum atomic E-state index is -0.620. The van der Waals surface area contributed by atoms with E-state index in [0.29, 0.717) is 13.1 Å². The van der Waals surface area contributed by atoms with Crippen molar-refractivity contribution in [2.24, 2.45) is 5.92 Å². The first kappa shape index (κ1) is 10.5. The van der Waals surface area contributed by atoms with Crippen LogP contribution in [-0.2, 0) is 4.79 Å². The van der Waals surface area contributed by atoms with Gasteiger partial charge in [-0.3, -0.25) is 4.79 Å². The fourth-order valence-electron chi connectivity index (χ4n) is 1.70. The largest absolute Gasteiger partial charge is 0.388 e. The summed E-state index contributed by atoms with van der Waals surface area (Å²) in [7, 11) is 0. The molecule has 1 saturated heterocycles. The van der Waals surface area contributed by atoms with Crippen molar-refractivity contribution < 1.29 is 9.90 Å². The molecule has 1 rings (SSSR count). The second kappa shape index (κ2) is 3.66. The van der Waals surface area contributed by atoms with Crippen LogP contribution in [0.1, 0.15) is 33.6 Å². The van der Waals surface area contributed by atoms with Crippen LogP contribution >= 0.6 is 0 Å². The maximum Gasteiger partial charge on any atom is 0.225 e. The van der Waals surface area contributed by atoms with Crippen LogP contribution in [0.5, 0.6) is 0 Å². The average Bonchev–Trinajstić information content (AvgIpc) is 2.47. The van der Waals surface area contributed by atoms with Crippen LogP contribution < -0.4 is 0 Å². The number of likely N-dealkylation sites (tertiary alicyclic amines) is 1. The van der Waals surface area contributed by atoms with E-state index in [0.717, 1.165) is 12.8 Å². The standard InChI is InChI=1S/C10H19NO2/c1-4-10(13)5-6-11(7-10)9(12)8(2)3/h8,13H,4-7H2,1-3H3. The molecular formula is C10H19NO2. The van der Waals surface area contributed by atoms with Crippen LogP contribution in [0.4, 0.5) is 0 Å². The Kier molecular flexibility index (Phi) is 2.96. The molecule has 1 aliphatic rings. The lowest BCUT2D eigenvalue weighted by Crippen LogP contribution is -2.37. The number of carbonyl (C=O) groups excluding carboxylic acids is 1. The summed E-state index contributed by atoms with van der Waals surface area (Å²) in [5, 5.41) is 9.91. The van der Waals surface area contributed by atoms with Gasteiger partial charge in [-0.25, -0.2) is 0 Å². The van der Waals surface area contributed by atoms with Gasteiger partial charge in [0.2, 0.25) is 5.91 Å². The second-order valence-corrected chi connectivity index (χ2v) is 4.24. The molecule has 0 aromatic heterocycles. The molecule has 0 aliphatic carbocycles. The summed E-state index contributed by atoms with van der Waals surface area (Å²) in [5.41, 5.74) is -0.620. The molecule has 0 spiro atoms. The second-order valence-electron chi connectivity index (χ2n) is 4.24. The van der Waals surface area contributed by atoms with E-state index in [9.17, 15) is 9.90 Å². The summed E-state index contributed by atoms with van der Waals surface area (Å²) in [5.74, 6) is 0.198. The smallest absolute Gasteiger partial charge is 0.225 e. The molecule has 1 aliphatic heterocycles. The molecule has 0 aromatic rings. The van der Waals surface area contributed by atoms with E-state index in [4.69, 9.17) is 0 Å². The lowest BCUT2D eigenvalue weighted by atomic mass is 10.0. The lowest BCUT2D eigenvalue weighted by Gasteiger charge is -2.22. The molecule has 0 saturated carbocycles. The van der Waals surface area contributed by atoms with E-state index in [1.165, 1.54) is 0 Å². The van der Waals surface area contributed by atoms with E-state index >= 15 is 0 Å². The third kappa shape index (κ3) is 2.21. The van der Waals surface area contributed by atoms with Crippen LogP contribution in [0.15, 0.2) is 0 Å². The molecule has 1 N–H and O–H groups in total. The maximum absolute atomic E-state index is 11.6. The van der Waals surface area contributed by atoms with E-state index in [1.54, 1.807) is 4.90 Å². The third-order valence-corrected chi connectivity index (χ3v) is 2.80. The highest BCUT2D eigenvalue weighted by Gasteiger charge is 2.36. The summed E-state index contributed by atoms with van der Waals surface area (Å²) < 4.78 is 0. The van der Waals surface area contributed by atoms with E-state index in [1.807, 2.05) is 20.8 Å². The predicted molar refractivity (Wildman–Crippen MR) is 51.3 cm³/mol. The van der Waals surface area contributed by atoms with Crippen molar-refractivity contribution in [2.75, 3.05) is 13.1 Å². The minimum absolute atomic E-state index is 0.0409. The summed E-state index contributed by atoms with van der Waals surface area (Å²) >= 11 is 0. The first-order valence-electron chi connectivity index (χ1n) is 4.99. The van der Waals surface area contributed by atoms with Crippen molar-refractivity contribution in [3.63, 3.8) is 0 Å². The Balaban J connectivity index is 2.55. The van der Waals surface area contributed by atoms with Gasteiger partial charge in [0.1, 0.15) is 0 Å². The zero-order valence-corrected chi connectivity index (χ0v) is 8.71. The van der Waals surface area contributed by atoms with E-state index in [2.05, 4.69) is 0 Å². The fraction of sp³-hybridized carbons (Fsp3) is 0.900. The van der Waals surface area contributed by atoms with Gasteiger partial charge >= 0.3 is 0 Å². The van der Waals surface area contributed by atoms with Gasteiger partial charge in [0.25, 0.3) is 0 Å². The van der Waals surface area contributed by atoms with Crippen LogP contribution in [0.2, 0.25) is 0 Å². The number of hydrogen-bond donors (Lipinski definition) is 1. The first-order valence-corrected chi connectivity index (χ1v) is 4.99. The third-order valence-electron chi connectivity index (χ3n) is 2.80. The van der Waals surface area contributed by atoms with Crippen LogP contribution in [0.3, 0.4) is 0 Å². The Morgan fingerprint density at radius 1 is 1.62 bits per heavy atom. The molecule has 0 aromatic carbocycles. The highest BCUT2D eigenvalue weighted by atomic mass is 16.3. The first-order chi connectivity index (χ1) is 5.98. The van der Waals surface area contributed by atoms with Crippen molar-refractivity contribution in [1.82, 2.24) is 4.90 Å². The molecule has 1 atom stereocenters. The molecule has 1 heterocycles. The number of amides is 1. The van der Waals surface area contributed by atoms with Gasteiger partial charge in [0.15, 0.2) is 0 Å². The molecule has 3 heteroatoms. The summed E-state index contributed by atoms with van der Waals surface area (Å²) in [6.45, 7) is 6.97. The summed E-state index contributed by atoms with van der Waals surface area (Å²) in [6.07, 6.45) is 1.46. The quantitative estimate of drug-likeness (QED) is 0.697. The van der Waals surface area contributed by atoms with Crippen LogP contribution in [0, 0.1) is 5.92 Å². The molecule has 13 heavy (non-hydrogen) atoms. The van der Waals surface area contributed by atoms with E-state index in [-0.39, 0.29) is 11.8 Å². The summed E-state index contributed by atoms with van der Waals surface area (Å²) in [4.78, 5) is 13.3. The number of aliphatic hydroxyl groups is 1. The van der Waals surface area contributed by atoms with Gasteiger partial charge in [0.05, 0.1) is 5.60 Å². The van der Waals surface area contributed by atoms with Gasteiger partial charge < -0.3 is 10.0 Å². The number of nitrogens with zero attached hydrogens (tertiary/aromatic N) is 1. The topological polar surface area (TPSA) is 40.5 Å². The van der Waals surface area contributed by atoms with Crippen molar-refractivity contribution in [3.05, 3.63) is 0 Å². The molecule has 1 fully saturated rings. The van der Waals surface area contributed by atoms with Gasteiger partial charge in [-0.1, -0.05) is 20.8 Å². The van der Waals surface area contributed by atoms with Gasteiger partial charge in [0, 0.05) is 19.0 Å². The van der Waals surface area contributed by atoms with Crippen molar-refractivity contribution in [3.8, 4) is 0 Å². The van der Waals surface area contributed by atoms with Crippen molar-refractivity contribution in [1.29, 1.82) is 0 Å². The minimum Gasteiger partial charge on any atom is -0.388 e. The molecule has 0 radical (unpaired) electrons. The fourth-order valence-corrected chi connectivity index (χ4v) is 1.70. The monoisotopic (exact) mass is 185 g/mol. The highest BCUT2D eigenvalue weighted by Crippen LogP contribution is 2.25. The molecule has 0 bridgehead atoms. The lowest BCUT2D eigenvalue weighted by molar-refractivity contribution is -0.134. The number of β-amino-alcohol motifs (C(OH)–C–C–N with tert-alkyl or cyclic N) is 1. The Bertz CT molecular complexity index is 203. The van der Waals surface area contributed by atoms with Crippen LogP contribution in [0.25, 0.3) is 0 Å². The van der Waals surface area contributed by atoms with Gasteiger partial charge in [-0.05, 0) is 12.8 Å². The van der Waals surface area contributed by atoms with Crippen molar-refractivity contribution in [2.45, 2.75) is 39.2 Å². The molecular weight excluding hydrogens is 166 g/mol. The van der Waals surface area contributed by atoms with Crippen molar-refractivity contribution >= 4 is 5.91 Å². The molecule has 76 valence electrons. The maximum atomic E-state index is 11.6. The Labute approximate surface area is 79.7 Å². The zero-order chi connectivity index (χ0) is 10.1. The molecule has 1 amide bonds. The van der Waals surface area contributed by atoms with Crippen LogP contribution in [-0.4, -0.2) is 34.6 Å². The average molecular weight is 185 g/mol. The zero-order valence-electron chi connectivity index (χ0n) is 8.71. The Morgan fingerprint density at radius 3 is 2.62 bits per heavy atom. The Morgan fingerprint density at radius 2 is 2.23 bits per heavy atom. The highest BCUT2D eigenvalue weighted by molar-refractivity contribution is 5.78.